The van der Waals surface area contributed by atoms with Gasteiger partial charge in [0.15, 0.2) is 0 Å². The smallest absolute Gasteiger partial charge is 0.147 e. The number of anilines is 1. The molecule has 0 spiro atoms. The molecule has 1 N–H and O–H groups in total. The summed E-state index contributed by atoms with van der Waals surface area (Å²) in [6.07, 6.45) is 3.12. The van der Waals surface area contributed by atoms with Gasteiger partial charge >= 0.3 is 0 Å². The molecule has 1 aliphatic heterocycles. The summed E-state index contributed by atoms with van der Waals surface area (Å²) in [7, 11) is 1.93. The third-order valence-electron chi connectivity index (χ3n) is 3.15. The Morgan fingerprint density at radius 2 is 2.44 bits per heavy atom. The number of hydrogen-bond donors (Lipinski definition) is 1. The summed E-state index contributed by atoms with van der Waals surface area (Å²) in [4.78, 5) is 6.85. The normalized spacial score (nSPS) is 20.2. The zero-order valence-corrected chi connectivity index (χ0v) is 12.5. The standard InChI is InChI=1S/C13H20ClN3S/c1-3-11-9-17(4-5-18-11)13-12(14)6-10(7-15-2)8-16-13/h6,8,11,15H,3-5,7,9H2,1-2H3. The molecule has 18 heavy (non-hydrogen) atoms. The van der Waals surface area contributed by atoms with Gasteiger partial charge in [-0.1, -0.05) is 18.5 Å². The number of nitrogens with zero attached hydrogens (tertiary/aromatic N) is 2. The zero-order valence-electron chi connectivity index (χ0n) is 10.9. The van der Waals surface area contributed by atoms with E-state index in [9.17, 15) is 0 Å². The van der Waals surface area contributed by atoms with Crippen LogP contribution >= 0.6 is 23.4 Å². The Labute approximate surface area is 118 Å². The van der Waals surface area contributed by atoms with E-state index >= 15 is 0 Å². The maximum atomic E-state index is 6.35. The predicted octanol–water partition coefficient (Wildman–Crippen LogP) is 2.79. The van der Waals surface area contributed by atoms with Gasteiger partial charge in [0.25, 0.3) is 0 Å². The van der Waals surface area contributed by atoms with Crippen LogP contribution in [0.15, 0.2) is 12.3 Å². The highest BCUT2D eigenvalue weighted by Gasteiger charge is 2.21. The molecule has 1 fully saturated rings. The van der Waals surface area contributed by atoms with Crippen LogP contribution in [-0.4, -0.2) is 36.1 Å². The monoisotopic (exact) mass is 285 g/mol. The lowest BCUT2D eigenvalue weighted by molar-refractivity contribution is 0.719. The lowest BCUT2D eigenvalue weighted by atomic mass is 10.2. The van der Waals surface area contributed by atoms with Crippen molar-refractivity contribution in [1.29, 1.82) is 0 Å². The summed E-state index contributed by atoms with van der Waals surface area (Å²) in [5.74, 6) is 2.10. The molecule has 3 nitrogen and oxygen atoms in total. The van der Waals surface area contributed by atoms with Crippen molar-refractivity contribution in [2.24, 2.45) is 0 Å². The van der Waals surface area contributed by atoms with E-state index in [-0.39, 0.29) is 0 Å². The van der Waals surface area contributed by atoms with Crippen LogP contribution in [0, 0.1) is 0 Å². The summed E-state index contributed by atoms with van der Waals surface area (Å²) in [5.41, 5.74) is 1.13. The molecule has 0 bridgehead atoms. The second kappa shape index (κ2) is 6.64. The maximum Gasteiger partial charge on any atom is 0.147 e. The third kappa shape index (κ3) is 3.31. The van der Waals surface area contributed by atoms with Gasteiger partial charge in [-0.2, -0.15) is 11.8 Å². The number of rotatable bonds is 4. The fourth-order valence-electron chi connectivity index (χ4n) is 2.16. The van der Waals surface area contributed by atoms with Crippen LogP contribution in [0.4, 0.5) is 5.82 Å². The van der Waals surface area contributed by atoms with Gasteiger partial charge in [-0.05, 0) is 25.1 Å². The minimum atomic E-state index is 0.702. The molecule has 0 amide bonds. The first-order valence-electron chi connectivity index (χ1n) is 6.40. The molecular formula is C13H20ClN3S. The summed E-state index contributed by atoms with van der Waals surface area (Å²) >= 11 is 8.41. The highest BCUT2D eigenvalue weighted by atomic mass is 35.5. The number of halogens is 1. The van der Waals surface area contributed by atoms with Gasteiger partial charge < -0.3 is 10.2 Å². The van der Waals surface area contributed by atoms with E-state index < -0.39 is 0 Å². The second-order valence-electron chi connectivity index (χ2n) is 4.53. The topological polar surface area (TPSA) is 28.2 Å². The first-order chi connectivity index (χ1) is 8.74. The molecule has 1 aromatic heterocycles. The maximum absolute atomic E-state index is 6.35. The van der Waals surface area contributed by atoms with Crippen molar-refractivity contribution in [2.45, 2.75) is 25.1 Å². The van der Waals surface area contributed by atoms with E-state index in [1.807, 2.05) is 19.3 Å². The zero-order chi connectivity index (χ0) is 13.0. The van der Waals surface area contributed by atoms with E-state index in [1.54, 1.807) is 0 Å². The van der Waals surface area contributed by atoms with Gasteiger partial charge in [-0.25, -0.2) is 4.98 Å². The van der Waals surface area contributed by atoms with E-state index in [2.05, 4.69) is 33.9 Å². The van der Waals surface area contributed by atoms with Gasteiger partial charge in [-0.15, -0.1) is 0 Å². The molecule has 1 atom stereocenters. The Kier molecular flexibility index (Phi) is 5.15. The van der Waals surface area contributed by atoms with E-state index in [4.69, 9.17) is 11.6 Å². The fraction of sp³-hybridized carbons (Fsp3) is 0.615. The molecule has 1 aromatic rings. The molecule has 1 aliphatic rings. The molecule has 5 heteroatoms. The van der Waals surface area contributed by atoms with Gasteiger partial charge in [0, 0.05) is 36.8 Å². The van der Waals surface area contributed by atoms with Gasteiger partial charge in [0.1, 0.15) is 5.82 Å². The largest absolute Gasteiger partial charge is 0.353 e. The number of hydrogen-bond acceptors (Lipinski definition) is 4. The van der Waals surface area contributed by atoms with Crippen LogP contribution in [0.3, 0.4) is 0 Å². The Morgan fingerprint density at radius 1 is 1.61 bits per heavy atom. The van der Waals surface area contributed by atoms with Crippen molar-refractivity contribution in [3.63, 3.8) is 0 Å². The van der Waals surface area contributed by atoms with E-state index in [0.717, 1.165) is 41.8 Å². The summed E-state index contributed by atoms with van der Waals surface area (Å²) < 4.78 is 0. The third-order valence-corrected chi connectivity index (χ3v) is 4.80. The number of nitrogens with one attached hydrogen (secondary N) is 1. The average molecular weight is 286 g/mol. The Balaban J connectivity index is 2.12. The molecular weight excluding hydrogens is 266 g/mol. The number of pyridine rings is 1. The number of thioether (sulfide) groups is 1. The SMILES string of the molecule is CCC1CN(c2ncc(CNC)cc2Cl)CCS1. The van der Waals surface area contributed by atoms with Crippen LogP contribution in [0.5, 0.6) is 0 Å². The van der Waals surface area contributed by atoms with Gasteiger partial charge in [0.2, 0.25) is 0 Å². The molecule has 2 heterocycles. The van der Waals surface area contributed by atoms with Crippen molar-refractivity contribution >= 4 is 29.2 Å². The van der Waals surface area contributed by atoms with Crippen molar-refractivity contribution in [3.8, 4) is 0 Å². The van der Waals surface area contributed by atoms with Crippen LogP contribution in [0.2, 0.25) is 5.02 Å². The van der Waals surface area contributed by atoms with Crippen molar-refractivity contribution in [3.05, 3.63) is 22.8 Å². The lowest BCUT2D eigenvalue weighted by Gasteiger charge is -2.33. The summed E-state index contributed by atoms with van der Waals surface area (Å²) in [5, 5.41) is 4.58. The van der Waals surface area contributed by atoms with Crippen molar-refractivity contribution in [1.82, 2.24) is 10.3 Å². The molecule has 100 valence electrons. The molecule has 1 saturated heterocycles. The minimum Gasteiger partial charge on any atom is -0.353 e. The van der Waals surface area contributed by atoms with Crippen LogP contribution in [-0.2, 0) is 6.54 Å². The fourth-order valence-corrected chi connectivity index (χ4v) is 3.65. The first kappa shape index (κ1) is 14.0. The second-order valence-corrected chi connectivity index (χ2v) is 6.34. The van der Waals surface area contributed by atoms with E-state index in [1.165, 1.54) is 6.42 Å². The molecule has 0 saturated carbocycles. The minimum absolute atomic E-state index is 0.702. The lowest BCUT2D eigenvalue weighted by Crippen LogP contribution is -2.38. The van der Waals surface area contributed by atoms with Crippen molar-refractivity contribution in [2.75, 3.05) is 30.8 Å². The Hall–Kier alpha value is -0.450. The molecule has 1 unspecified atom stereocenters. The molecule has 2 rings (SSSR count). The van der Waals surface area contributed by atoms with Crippen molar-refractivity contribution < 1.29 is 0 Å². The molecule has 0 radical (unpaired) electrons. The van der Waals surface area contributed by atoms with Crippen LogP contribution in [0.25, 0.3) is 0 Å². The average Bonchev–Trinajstić information content (AvgIpc) is 2.39. The summed E-state index contributed by atoms with van der Waals surface area (Å²) in [6, 6.07) is 2.02. The van der Waals surface area contributed by atoms with Crippen LogP contribution < -0.4 is 10.2 Å². The van der Waals surface area contributed by atoms with Gasteiger partial charge in [0.05, 0.1) is 5.02 Å². The predicted molar refractivity (Wildman–Crippen MR) is 80.8 cm³/mol. The van der Waals surface area contributed by atoms with E-state index in [0.29, 0.717) is 5.25 Å². The Morgan fingerprint density at radius 3 is 3.11 bits per heavy atom. The highest BCUT2D eigenvalue weighted by Crippen LogP contribution is 2.29. The Bertz CT molecular complexity index is 400. The summed E-state index contributed by atoms with van der Waals surface area (Å²) in [6.45, 7) is 5.14. The quantitative estimate of drug-likeness (QED) is 0.921. The van der Waals surface area contributed by atoms with Gasteiger partial charge in [-0.3, -0.25) is 0 Å². The highest BCUT2D eigenvalue weighted by molar-refractivity contribution is 8.00. The molecule has 0 aliphatic carbocycles. The number of aromatic nitrogens is 1. The van der Waals surface area contributed by atoms with Crippen LogP contribution in [0.1, 0.15) is 18.9 Å². The molecule has 0 aromatic carbocycles. The first-order valence-corrected chi connectivity index (χ1v) is 7.82.